The number of nitrogens with zero attached hydrogens (tertiary/aromatic N) is 1. The maximum Gasteiger partial charge on any atom is 0.0583 e. The first-order chi connectivity index (χ1) is 13.3. The van der Waals surface area contributed by atoms with Crippen molar-refractivity contribution >= 4 is 53.3 Å². The van der Waals surface area contributed by atoms with Crippen molar-refractivity contribution in [3.63, 3.8) is 0 Å². The Morgan fingerprint density at radius 1 is 0.778 bits per heavy atom. The molecule has 0 saturated heterocycles. The van der Waals surface area contributed by atoms with Gasteiger partial charge in [0.1, 0.15) is 0 Å². The first kappa shape index (κ1) is 15.7. The lowest BCUT2D eigenvalue weighted by Crippen LogP contribution is -2.04. The van der Waals surface area contributed by atoms with Gasteiger partial charge in [0.05, 0.1) is 5.52 Å². The molecule has 6 rings (SSSR count). The molecule has 0 aliphatic heterocycles. The number of fused-ring (bicyclic) bond motifs is 7. The predicted octanol–water partition coefficient (Wildman–Crippen LogP) is 7.75. The van der Waals surface area contributed by atoms with E-state index in [9.17, 15) is 0 Å². The van der Waals surface area contributed by atoms with Crippen LogP contribution in [-0.4, -0.2) is 4.57 Å². The van der Waals surface area contributed by atoms with Crippen LogP contribution in [0.15, 0.2) is 54.6 Å². The molecule has 2 aromatic heterocycles. The molecule has 134 valence electrons. The summed E-state index contributed by atoms with van der Waals surface area (Å²) in [7, 11) is 2.25. The Kier molecular flexibility index (Phi) is 3.40. The molecule has 1 fully saturated rings. The summed E-state index contributed by atoms with van der Waals surface area (Å²) in [6, 6.07) is 20.6. The molecule has 2 heteroatoms. The van der Waals surface area contributed by atoms with Crippen molar-refractivity contribution in [3.8, 4) is 0 Å². The van der Waals surface area contributed by atoms with E-state index in [0.717, 1.165) is 5.92 Å². The first-order valence-electron chi connectivity index (χ1n) is 10.1. The number of aryl methyl sites for hydroxylation is 1. The molecule has 1 aliphatic carbocycles. The highest BCUT2D eigenvalue weighted by molar-refractivity contribution is 7.26. The van der Waals surface area contributed by atoms with Gasteiger partial charge in [-0.15, -0.1) is 11.3 Å². The van der Waals surface area contributed by atoms with Gasteiger partial charge in [-0.05, 0) is 42.5 Å². The summed E-state index contributed by atoms with van der Waals surface area (Å²) in [6.45, 7) is 0. The van der Waals surface area contributed by atoms with Crippen LogP contribution in [0.3, 0.4) is 0 Å². The number of hydrogen-bond donors (Lipinski definition) is 0. The van der Waals surface area contributed by atoms with Gasteiger partial charge in [-0.25, -0.2) is 0 Å². The minimum Gasteiger partial charge on any atom is -0.343 e. The van der Waals surface area contributed by atoms with Crippen LogP contribution in [0.5, 0.6) is 0 Å². The van der Waals surface area contributed by atoms with E-state index in [0.29, 0.717) is 0 Å². The van der Waals surface area contributed by atoms with Crippen molar-refractivity contribution < 1.29 is 0 Å². The Morgan fingerprint density at radius 3 is 2.52 bits per heavy atom. The molecule has 5 aromatic rings. The van der Waals surface area contributed by atoms with Gasteiger partial charge in [-0.1, -0.05) is 55.7 Å². The average Bonchev–Trinajstić information content (AvgIpc) is 3.24. The van der Waals surface area contributed by atoms with Crippen LogP contribution in [-0.2, 0) is 7.05 Å². The highest BCUT2D eigenvalue weighted by Crippen LogP contribution is 2.44. The zero-order valence-corrected chi connectivity index (χ0v) is 16.5. The molecule has 0 radical (unpaired) electrons. The minimum atomic E-state index is 0.725. The third kappa shape index (κ3) is 2.17. The van der Waals surface area contributed by atoms with Gasteiger partial charge in [-0.3, -0.25) is 0 Å². The van der Waals surface area contributed by atoms with Crippen molar-refractivity contribution in [2.75, 3.05) is 0 Å². The van der Waals surface area contributed by atoms with Crippen molar-refractivity contribution in [1.29, 1.82) is 0 Å². The van der Waals surface area contributed by atoms with Crippen LogP contribution in [0.25, 0.3) is 42.0 Å². The largest absolute Gasteiger partial charge is 0.343 e. The lowest BCUT2D eigenvalue weighted by atomic mass is 9.82. The molecule has 0 amide bonds. The maximum atomic E-state index is 2.44. The Hall–Kier alpha value is -2.32. The van der Waals surface area contributed by atoms with Crippen molar-refractivity contribution in [2.24, 2.45) is 7.05 Å². The van der Waals surface area contributed by atoms with Gasteiger partial charge < -0.3 is 4.57 Å². The molecule has 2 heterocycles. The fourth-order valence-corrected chi connectivity index (χ4v) is 6.46. The second kappa shape index (κ2) is 5.84. The smallest absolute Gasteiger partial charge is 0.0583 e. The van der Waals surface area contributed by atoms with Gasteiger partial charge in [-0.2, -0.15) is 0 Å². The molecule has 27 heavy (non-hydrogen) atoms. The molecule has 0 atom stereocenters. The monoisotopic (exact) mass is 369 g/mol. The number of benzene rings is 3. The minimum absolute atomic E-state index is 0.725. The second-order valence-electron chi connectivity index (χ2n) is 8.07. The highest BCUT2D eigenvalue weighted by Gasteiger charge is 2.22. The summed E-state index contributed by atoms with van der Waals surface area (Å²) in [6.07, 6.45) is 6.86. The molecular formula is C25H23NS. The van der Waals surface area contributed by atoms with Gasteiger partial charge >= 0.3 is 0 Å². The van der Waals surface area contributed by atoms with Crippen LogP contribution in [0.2, 0.25) is 0 Å². The number of rotatable bonds is 1. The van der Waals surface area contributed by atoms with E-state index in [1.54, 1.807) is 5.56 Å². The Morgan fingerprint density at radius 2 is 1.63 bits per heavy atom. The average molecular weight is 370 g/mol. The number of thiophene rings is 1. The molecule has 1 saturated carbocycles. The first-order valence-corrected chi connectivity index (χ1v) is 11.0. The van der Waals surface area contributed by atoms with Crippen LogP contribution in [0.1, 0.15) is 43.6 Å². The van der Waals surface area contributed by atoms with E-state index in [-0.39, 0.29) is 0 Å². The van der Waals surface area contributed by atoms with E-state index in [1.165, 1.54) is 74.1 Å². The predicted molar refractivity (Wildman–Crippen MR) is 119 cm³/mol. The summed E-state index contributed by atoms with van der Waals surface area (Å²) < 4.78 is 5.23. The molecular weight excluding hydrogens is 346 g/mol. The molecule has 0 unspecified atom stereocenters. The summed E-state index contributed by atoms with van der Waals surface area (Å²) in [5, 5.41) is 5.76. The third-order valence-corrected chi connectivity index (χ3v) is 7.74. The second-order valence-corrected chi connectivity index (χ2v) is 9.15. The van der Waals surface area contributed by atoms with Crippen molar-refractivity contribution in [3.05, 3.63) is 60.2 Å². The fraction of sp³-hybridized carbons (Fsp3) is 0.280. The Bertz CT molecular complexity index is 1310. The summed E-state index contributed by atoms with van der Waals surface area (Å²) in [5.74, 6) is 0.725. The van der Waals surface area contributed by atoms with Gasteiger partial charge in [0.25, 0.3) is 0 Å². The molecule has 1 nitrogen and oxygen atoms in total. The van der Waals surface area contributed by atoms with Crippen LogP contribution in [0.4, 0.5) is 0 Å². The quantitative estimate of drug-likeness (QED) is 0.285. The normalized spacial score (nSPS) is 16.2. The fourth-order valence-electron chi connectivity index (χ4n) is 5.35. The maximum absolute atomic E-state index is 2.44. The van der Waals surface area contributed by atoms with Crippen molar-refractivity contribution in [2.45, 2.75) is 38.0 Å². The van der Waals surface area contributed by atoms with E-state index in [2.05, 4.69) is 66.2 Å². The molecule has 0 N–H and O–H groups in total. The standard InChI is InChI=1S/C25H23NS/c1-26-20-12-7-11-17(16-8-3-2-4-9-16)23(20)19-14-15-22-24(25(19)26)18-10-5-6-13-21(18)27-22/h5-7,10-16H,2-4,8-9H2,1H3. The van der Waals surface area contributed by atoms with Crippen LogP contribution >= 0.6 is 11.3 Å². The lowest BCUT2D eigenvalue weighted by molar-refractivity contribution is 0.445. The number of hydrogen-bond acceptors (Lipinski definition) is 1. The summed E-state index contributed by atoms with van der Waals surface area (Å²) in [5.41, 5.74) is 4.37. The van der Waals surface area contributed by atoms with E-state index in [4.69, 9.17) is 0 Å². The van der Waals surface area contributed by atoms with Gasteiger partial charge in [0.2, 0.25) is 0 Å². The Labute approximate surface area is 163 Å². The van der Waals surface area contributed by atoms with E-state index in [1.807, 2.05) is 11.3 Å². The molecule has 0 bridgehead atoms. The Balaban J connectivity index is 1.78. The summed E-state index contributed by atoms with van der Waals surface area (Å²) in [4.78, 5) is 0. The molecule has 3 aromatic carbocycles. The van der Waals surface area contributed by atoms with Gasteiger partial charge in [0, 0.05) is 43.5 Å². The van der Waals surface area contributed by atoms with Gasteiger partial charge in [0.15, 0.2) is 0 Å². The lowest BCUT2D eigenvalue weighted by Gasteiger charge is -2.23. The van der Waals surface area contributed by atoms with Crippen molar-refractivity contribution in [1.82, 2.24) is 4.57 Å². The SMILES string of the molecule is Cn1c2cccc(C3CCCCC3)c2c2ccc3sc4ccccc4c3c21. The highest BCUT2D eigenvalue weighted by atomic mass is 32.1. The zero-order valence-electron chi connectivity index (χ0n) is 15.7. The van der Waals surface area contributed by atoms with Crippen LogP contribution in [0, 0.1) is 0 Å². The third-order valence-electron chi connectivity index (χ3n) is 6.60. The van der Waals surface area contributed by atoms with Crippen LogP contribution < -0.4 is 0 Å². The zero-order chi connectivity index (χ0) is 18.0. The topological polar surface area (TPSA) is 4.93 Å². The summed E-state index contributed by atoms with van der Waals surface area (Å²) >= 11 is 1.91. The molecule has 1 aliphatic rings. The molecule has 0 spiro atoms. The van der Waals surface area contributed by atoms with E-state index >= 15 is 0 Å². The van der Waals surface area contributed by atoms with E-state index < -0.39 is 0 Å². The number of aromatic nitrogens is 1.